The summed E-state index contributed by atoms with van der Waals surface area (Å²) < 4.78 is 16.9. The number of primary amides is 1. The van der Waals surface area contributed by atoms with Crippen molar-refractivity contribution >= 4 is 5.91 Å². The van der Waals surface area contributed by atoms with Crippen LogP contribution in [0.25, 0.3) is 0 Å². The van der Waals surface area contributed by atoms with Crippen LogP contribution in [0.5, 0.6) is 17.2 Å². The standard InChI is InChI=1S/C24H25NO6/c1-15-12-19(26)23(28)24(31-15)18(14-22(25)27)17-8-9-20(21(13-17)29-2)30-11-10-16-6-4-3-5-7-16/h3-9,12-13,18,28H,10-11,14H2,1-2H3,(H2,25,27)/t18-/m1/s1. The van der Waals surface area contributed by atoms with E-state index >= 15 is 0 Å². The Balaban J connectivity index is 1.88. The lowest BCUT2D eigenvalue weighted by atomic mass is 9.91. The summed E-state index contributed by atoms with van der Waals surface area (Å²) in [5.74, 6) is -0.597. The molecule has 3 aromatic rings. The molecular weight excluding hydrogens is 398 g/mol. The normalized spacial score (nSPS) is 11.7. The van der Waals surface area contributed by atoms with Crippen LogP contribution in [0.4, 0.5) is 0 Å². The molecule has 0 bridgehead atoms. The van der Waals surface area contributed by atoms with E-state index in [0.29, 0.717) is 29.4 Å². The number of benzene rings is 2. The Morgan fingerprint density at radius 3 is 2.55 bits per heavy atom. The average molecular weight is 423 g/mol. The number of carbonyl (C=O) groups is 1. The zero-order valence-electron chi connectivity index (χ0n) is 17.5. The number of amides is 1. The summed E-state index contributed by atoms with van der Waals surface area (Å²) in [6.45, 7) is 2.05. The van der Waals surface area contributed by atoms with Gasteiger partial charge in [0.15, 0.2) is 17.3 Å². The van der Waals surface area contributed by atoms with Crippen molar-refractivity contribution in [1.29, 1.82) is 0 Å². The van der Waals surface area contributed by atoms with E-state index in [9.17, 15) is 14.7 Å². The van der Waals surface area contributed by atoms with Crippen molar-refractivity contribution < 1.29 is 23.8 Å². The molecular formula is C24H25NO6. The number of aryl methyl sites for hydroxylation is 1. The molecule has 1 aromatic heterocycles. The van der Waals surface area contributed by atoms with Crippen LogP contribution in [0.1, 0.15) is 35.0 Å². The van der Waals surface area contributed by atoms with Crippen molar-refractivity contribution in [2.24, 2.45) is 5.73 Å². The van der Waals surface area contributed by atoms with E-state index in [1.807, 2.05) is 30.3 Å². The lowest BCUT2D eigenvalue weighted by molar-refractivity contribution is -0.118. The van der Waals surface area contributed by atoms with Gasteiger partial charge >= 0.3 is 0 Å². The summed E-state index contributed by atoms with van der Waals surface area (Å²) in [6.07, 6.45) is 0.579. The van der Waals surface area contributed by atoms with Crippen molar-refractivity contribution in [3.8, 4) is 17.2 Å². The second-order valence-corrected chi connectivity index (χ2v) is 7.15. The van der Waals surface area contributed by atoms with Gasteiger partial charge in [-0.05, 0) is 30.2 Å². The lowest BCUT2D eigenvalue weighted by Gasteiger charge is -2.19. The average Bonchev–Trinajstić information content (AvgIpc) is 2.75. The third-order valence-electron chi connectivity index (χ3n) is 4.88. The molecule has 1 amide bonds. The number of aromatic hydroxyl groups is 1. The van der Waals surface area contributed by atoms with Gasteiger partial charge in [-0.1, -0.05) is 36.4 Å². The van der Waals surface area contributed by atoms with Gasteiger partial charge in [0.1, 0.15) is 5.76 Å². The van der Waals surface area contributed by atoms with E-state index in [0.717, 1.165) is 12.0 Å². The van der Waals surface area contributed by atoms with Gasteiger partial charge in [0.2, 0.25) is 17.1 Å². The molecule has 0 fully saturated rings. The summed E-state index contributed by atoms with van der Waals surface area (Å²) in [4.78, 5) is 23.7. The van der Waals surface area contributed by atoms with Crippen LogP contribution >= 0.6 is 0 Å². The SMILES string of the molecule is COc1cc([C@@H](CC(N)=O)c2oc(C)cc(=O)c2O)ccc1OCCc1ccccc1. The number of hydrogen-bond acceptors (Lipinski definition) is 6. The number of methoxy groups -OCH3 is 1. The maximum atomic E-state index is 12.0. The van der Waals surface area contributed by atoms with Crippen LogP contribution in [0, 0.1) is 6.92 Å². The van der Waals surface area contributed by atoms with Crippen molar-refractivity contribution in [2.75, 3.05) is 13.7 Å². The van der Waals surface area contributed by atoms with E-state index in [1.165, 1.54) is 13.2 Å². The monoisotopic (exact) mass is 423 g/mol. The smallest absolute Gasteiger partial charge is 0.227 e. The molecule has 7 nitrogen and oxygen atoms in total. The zero-order chi connectivity index (χ0) is 22.4. The molecule has 162 valence electrons. The minimum Gasteiger partial charge on any atom is -0.502 e. The van der Waals surface area contributed by atoms with Gasteiger partial charge in [-0.25, -0.2) is 0 Å². The fraction of sp³-hybridized carbons (Fsp3) is 0.250. The summed E-state index contributed by atoms with van der Waals surface area (Å²) in [7, 11) is 1.51. The molecule has 0 spiro atoms. The Morgan fingerprint density at radius 2 is 1.87 bits per heavy atom. The van der Waals surface area contributed by atoms with Crippen molar-refractivity contribution in [2.45, 2.75) is 25.7 Å². The molecule has 3 rings (SSSR count). The topological polar surface area (TPSA) is 112 Å². The molecule has 1 heterocycles. The van der Waals surface area contributed by atoms with Crippen molar-refractivity contribution in [3.63, 3.8) is 0 Å². The van der Waals surface area contributed by atoms with Gasteiger partial charge in [0.05, 0.1) is 19.6 Å². The maximum Gasteiger partial charge on any atom is 0.227 e. The fourth-order valence-electron chi connectivity index (χ4n) is 3.37. The van der Waals surface area contributed by atoms with Crippen LogP contribution in [-0.4, -0.2) is 24.7 Å². The molecule has 7 heteroatoms. The van der Waals surface area contributed by atoms with Gasteiger partial charge in [-0.3, -0.25) is 9.59 Å². The second-order valence-electron chi connectivity index (χ2n) is 7.15. The minimum absolute atomic E-state index is 0.0106. The Kier molecular flexibility index (Phi) is 6.97. The van der Waals surface area contributed by atoms with E-state index in [1.54, 1.807) is 25.1 Å². The fourth-order valence-corrected chi connectivity index (χ4v) is 3.37. The van der Waals surface area contributed by atoms with E-state index in [4.69, 9.17) is 19.6 Å². The maximum absolute atomic E-state index is 12.0. The van der Waals surface area contributed by atoms with Crippen LogP contribution in [-0.2, 0) is 11.2 Å². The van der Waals surface area contributed by atoms with Gasteiger partial charge in [-0.2, -0.15) is 0 Å². The van der Waals surface area contributed by atoms with Crippen molar-refractivity contribution in [1.82, 2.24) is 0 Å². The predicted octanol–water partition coefficient (Wildman–Crippen LogP) is 3.29. The number of rotatable bonds is 9. The predicted molar refractivity (Wildman–Crippen MR) is 116 cm³/mol. The van der Waals surface area contributed by atoms with E-state index < -0.39 is 23.0 Å². The second kappa shape index (κ2) is 9.84. The highest BCUT2D eigenvalue weighted by Crippen LogP contribution is 2.37. The van der Waals surface area contributed by atoms with E-state index in [-0.39, 0.29) is 12.2 Å². The Hall–Kier alpha value is -3.74. The van der Waals surface area contributed by atoms with Gasteiger partial charge in [0.25, 0.3) is 0 Å². The minimum atomic E-state index is -0.752. The summed E-state index contributed by atoms with van der Waals surface area (Å²) in [6, 6.07) is 16.3. The molecule has 0 saturated carbocycles. The zero-order valence-corrected chi connectivity index (χ0v) is 17.5. The first-order valence-electron chi connectivity index (χ1n) is 9.85. The molecule has 0 aliphatic carbocycles. The van der Waals surface area contributed by atoms with Crippen LogP contribution in [0.15, 0.2) is 63.8 Å². The molecule has 1 atom stereocenters. The molecule has 3 N–H and O–H groups in total. The number of ether oxygens (including phenoxy) is 2. The number of hydrogen-bond donors (Lipinski definition) is 2. The molecule has 0 unspecified atom stereocenters. The largest absolute Gasteiger partial charge is 0.502 e. The first-order valence-corrected chi connectivity index (χ1v) is 9.85. The highest BCUT2D eigenvalue weighted by atomic mass is 16.5. The van der Waals surface area contributed by atoms with E-state index in [2.05, 4.69) is 0 Å². The van der Waals surface area contributed by atoms with Gasteiger partial charge < -0.3 is 24.7 Å². The molecule has 0 radical (unpaired) electrons. The molecule has 0 aliphatic heterocycles. The number of carbonyl (C=O) groups excluding carboxylic acids is 1. The summed E-state index contributed by atoms with van der Waals surface area (Å²) in [5, 5.41) is 10.3. The first kappa shape index (κ1) is 22.0. The molecule has 0 saturated heterocycles. The van der Waals surface area contributed by atoms with Crippen molar-refractivity contribution in [3.05, 3.63) is 87.5 Å². The quantitative estimate of drug-likeness (QED) is 0.546. The van der Waals surface area contributed by atoms with Crippen LogP contribution in [0.2, 0.25) is 0 Å². The lowest BCUT2D eigenvalue weighted by Crippen LogP contribution is -2.18. The third-order valence-corrected chi connectivity index (χ3v) is 4.88. The van der Waals surface area contributed by atoms with Gasteiger partial charge in [-0.15, -0.1) is 0 Å². The first-order chi connectivity index (χ1) is 14.9. The third kappa shape index (κ3) is 5.45. The highest BCUT2D eigenvalue weighted by Gasteiger charge is 2.26. The summed E-state index contributed by atoms with van der Waals surface area (Å²) >= 11 is 0. The molecule has 2 aromatic carbocycles. The van der Waals surface area contributed by atoms with Crippen LogP contribution in [0.3, 0.4) is 0 Å². The Bertz CT molecular complexity index is 1110. The number of nitrogens with two attached hydrogens (primary N) is 1. The highest BCUT2D eigenvalue weighted by molar-refractivity contribution is 5.75. The van der Waals surface area contributed by atoms with Crippen LogP contribution < -0.4 is 20.6 Å². The molecule has 0 aliphatic rings. The summed E-state index contributed by atoms with van der Waals surface area (Å²) in [5.41, 5.74) is 6.59. The Labute approximate surface area is 180 Å². The molecule has 31 heavy (non-hydrogen) atoms. The van der Waals surface area contributed by atoms with Gasteiger partial charge in [0, 0.05) is 18.9 Å². The Morgan fingerprint density at radius 1 is 1.13 bits per heavy atom.